The molecule has 0 unspecified atom stereocenters. The average molecular weight is 259 g/mol. The van der Waals surface area contributed by atoms with Gasteiger partial charge in [0.15, 0.2) is 5.82 Å². The van der Waals surface area contributed by atoms with Crippen LogP contribution in [0.5, 0.6) is 5.88 Å². The number of rotatable bonds is 5. The van der Waals surface area contributed by atoms with Crippen molar-refractivity contribution in [2.75, 3.05) is 17.7 Å². The Balaban J connectivity index is 2.16. The zero-order chi connectivity index (χ0) is 13.7. The first-order valence-corrected chi connectivity index (χ1v) is 6.11. The molecule has 0 bridgehead atoms. The molecule has 2 heterocycles. The number of hydrogen-bond donors (Lipinski definition) is 2. The fourth-order valence-corrected chi connectivity index (χ4v) is 1.61. The molecule has 2 aromatic heterocycles. The summed E-state index contributed by atoms with van der Waals surface area (Å²) in [5.74, 6) is 1.60. The summed E-state index contributed by atoms with van der Waals surface area (Å²) in [4.78, 5) is 12.7. The van der Waals surface area contributed by atoms with Gasteiger partial charge in [-0.1, -0.05) is 6.07 Å². The van der Waals surface area contributed by atoms with Crippen LogP contribution in [0.4, 0.5) is 11.5 Å². The van der Waals surface area contributed by atoms with Gasteiger partial charge in [-0.05, 0) is 26.0 Å². The lowest BCUT2D eigenvalue weighted by Gasteiger charge is -2.12. The minimum Gasteiger partial charge on any atom is -0.476 e. The first-order valence-electron chi connectivity index (χ1n) is 6.11. The van der Waals surface area contributed by atoms with E-state index in [-0.39, 0.29) is 0 Å². The summed E-state index contributed by atoms with van der Waals surface area (Å²) in [6, 6.07) is 5.74. The van der Waals surface area contributed by atoms with Crippen molar-refractivity contribution in [2.24, 2.45) is 0 Å². The molecule has 0 spiro atoms. The third-order valence-corrected chi connectivity index (χ3v) is 2.47. The number of aromatic nitrogens is 3. The lowest BCUT2D eigenvalue weighted by Crippen LogP contribution is -2.10. The summed E-state index contributed by atoms with van der Waals surface area (Å²) in [7, 11) is 0. The van der Waals surface area contributed by atoms with E-state index in [1.54, 1.807) is 13.1 Å². The molecule has 3 N–H and O–H groups in total. The fourth-order valence-electron chi connectivity index (χ4n) is 1.61. The summed E-state index contributed by atoms with van der Waals surface area (Å²) in [5.41, 5.74) is 7.30. The number of ether oxygens (including phenoxy) is 1. The van der Waals surface area contributed by atoms with Crippen molar-refractivity contribution in [1.29, 1.82) is 0 Å². The van der Waals surface area contributed by atoms with Crippen molar-refractivity contribution in [3.63, 3.8) is 0 Å². The Labute approximate surface area is 112 Å². The first-order chi connectivity index (χ1) is 9.20. The number of aryl methyl sites for hydroxylation is 1. The molecule has 0 aliphatic carbocycles. The lowest BCUT2D eigenvalue weighted by atomic mass is 10.3. The number of anilines is 2. The minimum atomic E-state index is 0.415. The van der Waals surface area contributed by atoms with Crippen molar-refractivity contribution >= 4 is 11.5 Å². The van der Waals surface area contributed by atoms with Crippen molar-refractivity contribution in [3.8, 4) is 5.88 Å². The number of nitrogens with zero attached hydrogens (tertiary/aromatic N) is 3. The number of nitrogens with two attached hydrogens (primary N) is 1. The Morgan fingerprint density at radius 2 is 2.16 bits per heavy atom. The molecule has 0 atom stereocenters. The van der Waals surface area contributed by atoms with Gasteiger partial charge in [0, 0.05) is 6.20 Å². The van der Waals surface area contributed by atoms with Gasteiger partial charge in [-0.2, -0.15) is 4.98 Å². The Bertz CT molecular complexity index is 544. The first kappa shape index (κ1) is 13.1. The Morgan fingerprint density at radius 3 is 2.84 bits per heavy atom. The second-order valence-corrected chi connectivity index (χ2v) is 3.95. The third-order valence-electron chi connectivity index (χ3n) is 2.47. The number of pyridine rings is 1. The molecule has 100 valence electrons. The van der Waals surface area contributed by atoms with E-state index in [4.69, 9.17) is 10.5 Å². The third kappa shape index (κ3) is 3.31. The van der Waals surface area contributed by atoms with Crippen LogP contribution < -0.4 is 15.8 Å². The SMILES string of the molecule is CCOc1nc(C)nc(NCc2ccccn2)c1N. The van der Waals surface area contributed by atoms with Gasteiger partial charge in [0.05, 0.1) is 18.8 Å². The molecular formula is C13H17N5O. The quantitative estimate of drug-likeness (QED) is 0.851. The summed E-state index contributed by atoms with van der Waals surface area (Å²) < 4.78 is 5.38. The lowest BCUT2D eigenvalue weighted by molar-refractivity contribution is 0.327. The molecule has 6 nitrogen and oxygen atoms in total. The van der Waals surface area contributed by atoms with Crippen LogP contribution in [-0.2, 0) is 6.54 Å². The van der Waals surface area contributed by atoms with Crippen LogP contribution in [0.2, 0.25) is 0 Å². The molecular weight excluding hydrogens is 242 g/mol. The van der Waals surface area contributed by atoms with E-state index >= 15 is 0 Å². The van der Waals surface area contributed by atoms with Crippen LogP contribution in [0.15, 0.2) is 24.4 Å². The van der Waals surface area contributed by atoms with Crippen molar-refractivity contribution in [1.82, 2.24) is 15.0 Å². The molecule has 19 heavy (non-hydrogen) atoms. The van der Waals surface area contributed by atoms with E-state index in [2.05, 4.69) is 20.3 Å². The largest absolute Gasteiger partial charge is 0.476 e. The average Bonchev–Trinajstić information content (AvgIpc) is 2.42. The highest BCUT2D eigenvalue weighted by atomic mass is 16.5. The van der Waals surface area contributed by atoms with E-state index in [9.17, 15) is 0 Å². The summed E-state index contributed by atoms with van der Waals surface area (Å²) in [5, 5.41) is 3.15. The standard InChI is InChI=1S/C13H17N5O/c1-3-19-13-11(14)12(17-9(2)18-13)16-8-10-6-4-5-7-15-10/h4-7H,3,8,14H2,1-2H3,(H,16,17,18). The van der Waals surface area contributed by atoms with E-state index in [0.29, 0.717) is 36.4 Å². The van der Waals surface area contributed by atoms with Gasteiger partial charge in [0.1, 0.15) is 11.5 Å². The summed E-state index contributed by atoms with van der Waals surface area (Å²) in [6.07, 6.45) is 1.75. The molecule has 0 radical (unpaired) electrons. The topological polar surface area (TPSA) is 86.0 Å². The molecule has 0 amide bonds. The predicted octanol–water partition coefficient (Wildman–Crippen LogP) is 1.77. The van der Waals surface area contributed by atoms with Gasteiger partial charge in [-0.3, -0.25) is 4.98 Å². The summed E-state index contributed by atoms with van der Waals surface area (Å²) >= 11 is 0. The normalized spacial score (nSPS) is 10.2. The van der Waals surface area contributed by atoms with Crippen LogP contribution in [0.1, 0.15) is 18.4 Å². The van der Waals surface area contributed by atoms with E-state index in [1.807, 2.05) is 25.1 Å². The van der Waals surface area contributed by atoms with E-state index < -0.39 is 0 Å². The number of hydrogen-bond acceptors (Lipinski definition) is 6. The molecule has 0 aliphatic heterocycles. The number of nitrogens with one attached hydrogen (secondary N) is 1. The smallest absolute Gasteiger partial charge is 0.242 e. The second-order valence-electron chi connectivity index (χ2n) is 3.95. The maximum absolute atomic E-state index is 5.97. The van der Waals surface area contributed by atoms with Crippen LogP contribution in [0.3, 0.4) is 0 Å². The van der Waals surface area contributed by atoms with Crippen LogP contribution in [-0.4, -0.2) is 21.6 Å². The molecule has 0 saturated carbocycles. The Kier molecular flexibility index (Phi) is 4.12. The minimum absolute atomic E-state index is 0.415. The second kappa shape index (κ2) is 5.99. The highest BCUT2D eigenvalue weighted by Crippen LogP contribution is 2.26. The van der Waals surface area contributed by atoms with Crippen molar-refractivity contribution in [3.05, 3.63) is 35.9 Å². The zero-order valence-electron chi connectivity index (χ0n) is 11.1. The molecule has 2 rings (SSSR count). The summed E-state index contributed by atoms with van der Waals surface area (Å²) in [6.45, 7) is 4.75. The van der Waals surface area contributed by atoms with Crippen LogP contribution >= 0.6 is 0 Å². The molecule has 0 fully saturated rings. The maximum atomic E-state index is 5.97. The maximum Gasteiger partial charge on any atom is 0.242 e. The highest BCUT2D eigenvalue weighted by Gasteiger charge is 2.10. The van der Waals surface area contributed by atoms with Gasteiger partial charge >= 0.3 is 0 Å². The van der Waals surface area contributed by atoms with Gasteiger partial charge in [-0.25, -0.2) is 4.98 Å². The van der Waals surface area contributed by atoms with Gasteiger partial charge in [0.2, 0.25) is 5.88 Å². The molecule has 6 heteroatoms. The van der Waals surface area contributed by atoms with Crippen molar-refractivity contribution in [2.45, 2.75) is 20.4 Å². The zero-order valence-corrected chi connectivity index (χ0v) is 11.1. The predicted molar refractivity (Wildman–Crippen MR) is 73.9 cm³/mol. The number of nitrogen functional groups attached to an aromatic ring is 1. The molecule has 0 aliphatic rings. The molecule has 2 aromatic rings. The van der Waals surface area contributed by atoms with E-state index in [0.717, 1.165) is 5.69 Å². The highest BCUT2D eigenvalue weighted by molar-refractivity contribution is 5.66. The van der Waals surface area contributed by atoms with E-state index in [1.165, 1.54) is 0 Å². The van der Waals surface area contributed by atoms with Gasteiger partial charge in [0.25, 0.3) is 0 Å². The van der Waals surface area contributed by atoms with Crippen LogP contribution in [0.25, 0.3) is 0 Å². The van der Waals surface area contributed by atoms with Gasteiger partial charge < -0.3 is 15.8 Å². The Morgan fingerprint density at radius 1 is 1.32 bits per heavy atom. The fraction of sp³-hybridized carbons (Fsp3) is 0.308. The monoisotopic (exact) mass is 259 g/mol. The molecule has 0 aromatic carbocycles. The Hall–Kier alpha value is -2.37. The van der Waals surface area contributed by atoms with Crippen LogP contribution in [0, 0.1) is 6.92 Å². The van der Waals surface area contributed by atoms with Crippen molar-refractivity contribution < 1.29 is 4.74 Å². The van der Waals surface area contributed by atoms with Gasteiger partial charge in [-0.15, -0.1) is 0 Å². The molecule has 0 saturated heterocycles.